The minimum Gasteiger partial charge on any atom is -0.478 e. The lowest BCUT2D eigenvalue weighted by Crippen LogP contribution is -2.16. The molecule has 0 aliphatic heterocycles. The molecular weight excluding hydrogens is 256 g/mol. The Morgan fingerprint density at radius 1 is 1.40 bits per heavy atom. The van der Waals surface area contributed by atoms with Gasteiger partial charge in [0.05, 0.1) is 5.56 Å². The average Bonchev–Trinajstić information content (AvgIpc) is 2.43. The third-order valence-corrected chi connectivity index (χ3v) is 3.32. The van der Waals surface area contributed by atoms with E-state index in [-0.39, 0.29) is 12.2 Å². The van der Waals surface area contributed by atoms with E-state index in [0.29, 0.717) is 18.3 Å². The summed E-state index contributed by atoms with van der Waals surface area (Å²) >= 11 is 0. The number of anilines is 1. The number of aliphatic hydroxyl groups excluding tert-OH is 1. The van der Waals surface area contributed by atoms with Gasteiger partial charge in [-0.25, -0.2) is 9.78 Å². The molecule has 0 bridgehead atoms. The lowest BCUT2D eigenvalue weighted by atomic mass is 10.0. The van der Waals surface area contributed by atoms with Crippen LogP contribution in [-0.2, 0) is 6.42 Å². The minimum absolute atomic E-state index is 0.171. The predicted octanol–water partition coefficient (Wildman–Crippen LogP) is 2.55. The van der Waals surface area contributed by atoms with Gasteiger partial charge < -0.3 is 15.5 Å². The summed E-state index contributed by atoms with van der Waals surface area (Å²) in [6.45, 7) is 4.98. The van der Waals surface area contributed by atoms with Gasteiger partial charge in [-0.05, 0) is 30.9 Å². The molecule has 0 fully saturated rings. The third-order valence-electron chi connectivity index (χ3n) is 3.32. The number of carboxylic acid groups (broad SMARTS) is 1. The number of carboxylic acids is 1. The normalized spacial score (nSPS) is 12.2. The molecule has 0 aliphatic carbocycles. The first-order valence-electron chi connectivity index (χ1n) is 7.19. The molecule has 0 aromatic carbocycles. The molecule has 1 unspecified atom stereocenters. The van der Waals surface area contributed by atoms with E-state index >= 15 is 0 Å². The van der Waals surface area contributed by atoms with Crippen molar-refractivity contribution in [2.45, 2.75) is 39.5 Å². The molecule has 3 N–H and O–H groups in total. The van der Waals surface area contributed by atoms with Crippen LogP contribution in [0.1, 0.15) is 49.2 Å². The first-order chi connectivity index (χ1) is 9.60. The molecular formula is C15H24N2O3. The van der Waals surface area contributed by atoms with Crippen LogP contribution in [0.4, 0.5) is 5.82 Å². The Labute approximate surface area is 120 Å². The Morgan fingerprint density at radius 3 is 2.70 bits per heavy atom. The maximum atomic E-state index is 11.1. The number of hydrogen-bond acceptors (Lipinski definition) is 4. The van der Waals surface area contributed by atoms with Gasteiger partial charge in [-0.2, -0.15) is 0 Å². The first kappa shape index (κ1) is 16.4. The van der Waals surface area contributed by atoms with E-state index in [1.165, 1.54) is 0 Å². The number of rotatable bonds is 9. The van der Waals surface area contributed by atoms with Crippen molar-refractivity contribution in [1.82, 2.24) is 4.98 Å². The zero-order valence-electron chi connectivity index (χ0n) is 12.2. The number of aliphatic hydroxyl groups is 1. The number of carbonyl (C=O) groups is 1. The minimum atomic E-state index is -0.935. The summed E-state index contributed by atoms with van der Waals surface area (Å²) in [7, 11) is 0. The van der Waals surface area contributed by atoms with Crippen LogP contribution in [0.25, 0.3) is 0 Å². The maximum Gasteiger partial charge on any atom is 0.335 e. The van der Waals surface area contributed by atoms with Gasteiger partial charge in [-0.3, -0.25) is 0 Å². The van der Waals surface area contributed by atoms with Crippen LogP contribution in [0.2, 0.25) is 0 Å². The van der Waals surface area contributed by atoms with Gasteiger partial charge >= 0.3 is 5.97 Å². The fourth-order valence-electron chi connectivity index (χ4n) is 2.07. The molecule has 0 amide bonds. The molecule has 1 aromatic heterocycles. The van der Waals surface area contributed by atoms with E-state index in [1.807, 2.05) is 6.92 Å². The van der Waals surface area contributed by atoms with Crippen molar-refractivity contribution < 1.29 is 15.0 Å². The molecule has 0 saturated heterocycles. The van der Waals surface area contributed by atoms with Gasteiger partial charge in [-0.15, -0.1) is 0 Å². The van der Waals surface area contributed by atoms with Crippen LogP contribution in [-0.4, -0.2) is 34.3 Å². The lowest BCUT2D eigenvalue weighted by molar-refractivity contribution is 0.0696. The first-order valence-corrected chi connectivity index (χ1v) is 7.19. The monoisotopic (exact) mass is 280 g/mol. The number of nitrogens with zero attached hydrogens (tertiary/aromatic N) is 1. The topological polar surface area (TPSA) is 82.5 Å². The molecule has 0 radical (unpaired) electrons. The molecule has 0 spiro atoms. The van der Waals surface area contributed by atoms with Crippen molar-refractivity contribution >= 4 is 11.8 Å². The van der Waals surface area contributed by atoms with E-state index in [9.17, 15) is 4.79 Å². The standard InChI is InChI=1S/C15H24N2O3/c1-3-5-13-8-12(15(19)20)9-14(17-13)16-10-11(4-2)6-7-18/h8-9,11,18H,3-7,10H2,1-2H3,(H,16,17)(H,19,20). The summed E-state index contributed by atoms with van der Waals surface area (Å²) in [5.41, 5.74) is 1.06. The van der Waals surface area contributed by atoms with Crippen molar-refractivity contribution in [3.8, 4) is 0 Å². The summed E-state index contributed by atoms with van der Waals surface area (Å²) in [5.74, 6) is 0.0323. The van der Waals surface area contributed by atoms with Gasteiger partial charge in [0.2, 0.25) is 0 Å². The third kappa shape index (κ3) is 5.17. The Morgan fingerprint density at radius 2 is 2.15 bits per heavy atom. The van der Waals surface area contributed by atoms with Crippen molar-refractivity contribution in [3.63, 3.8) is 0 Å². The highest BCUT2D eigenvalue weighted by Gasteiger charge is 2.10. The van der Waals surface area contributed by atoms with E-state index in [2.05, 4.69) is 17.2 Å². The molecule has 1 aromatic rings. The van der Waals surface area contributed by atoms with Gasteiger partial charge in [0, 0.05) is 18.8 Å². The fourth-order valence-corrected chi connectivity index (χ4v) is 2.07. The zero-order chi connectivity index (χ0) is 15.0. The molecule has 5 heteroatoms. The largest absolute Gasteiger partial charge is 0.478 e. The van der Waals surface area contributed by atoms with E-state index < -0.39 is 5.97 Å². The molecule has 0 saturated carbocycles. The Balaban J connectivity index is 2.79. The molecule has 1 atom stereocenters. The smallest absolute Gasteiger partial charge is 0.335 e. The SMILES string of the molecule is CCCc1cc(C(=O)O)cc(NCC(CC)CCO)n1. The molecule has 0 aliphatic rings. The highest BCUT2D eigenvalue weighted by Crippen LogP contribution is 2.14. The van der Waals surface area contributed by atoms with Crippen molar-refractivity contribution in [3.05, 3.63) is 23.4 Å². The number of hydrogen-bond donors (Lipinski definition) is 3. The molecule has 112 valence electrons. The maximum absolute atomic E-state index is 11.1. The van der Waals surface area contributed by atoms with Crippen LogP contribution >= 0.6 is 0 Å². The second-order valence-electron chi connectivity index (χ2n) is 4.96. The van der Waals surface area contributed by atoms with Crippen LogP contribution in [0.15, 0.2) is 12.1 Å². The van der Waals surface area contributed by atoms with Crippen molar-refractivity contribution in [2.75, 3.05) is 18.5 Å². The van der Waals surface area contributed by atoms with Crippen LogP contribution in [0.3, 0.4) is 0 Å². The Hall–Kier alpha value is -1.62. The second-order valence-corrected chi connectivity index (χ2v) is 4.96. The zero-order valence-corrected chi connectivity index (χ0v) is 12.2. The second kappa shape index (κ2) is 8.53. The molecule has 1 heterocycles. The summed E-state index contributed by atoms with van der Waals surface area (Å²) < 4.78 is 0. The Bertz CT molecular complexity index is 435. The average molecular weight is 280 g/mol. The van der Waals surface area contributed by atoms with Gasteiger partial charge in [-0.1, -0.05) is 26.7 Å². The highest BCUT2D eigenvalue weighted by molar-refractivity contribution is 5.88. The summed E-state index contributed by atoms with van der Waals surface area (Å²) in [6, 6.07) is 3.19. The number of aryl methyl sites for hydroxylation is 1. The van der Waals surface area contributed by atoms with Crippen molar-refractivity contribution in [2.24, 2.45) is 5.92 Å². The summed E-state index contributed by atoms with van der Waals surface area (Å²) in [4.78, 5) is 15.6. The van der Waals surface area contributed by atoms with Crippen molar-refractivity contribution in [1.29, 1.82) is 0 Å². The molecule has 20 heavy (non-hydrogen) atoms. The van der Waals surface area contributed by atoms with Crippen LogP contribution in [0, 0.1) is 5.92 Å². The van der Waals surface area contributed by atoms with Gasteiger partial charge in [0.25, 0.3) is 0 Å². The van der Waals surface area contributed by atoms with E-state index in [0.717, 1.165) is 31.4 Å². The van der Waals surface area contributed by atoms with Crippen LogP contribution in [0.5, 0.6) is 0 Å². The predicted molar refractivity (Wildman–Crippen MR) is 79.2 cm³/mol. The number of aromatic nitrogens is 1. The lowest BCUT2D eigenvalue weighted by Gasteiger charge is -2.15. The van der Waals surface area contributed by atoms with Gasteiger partial charge in [0.15, 0.2) is 0 Å². The fraction of sp³-hybridized carbons (Fsp3) is 0.600. The number of aromatic carboxylic acids is 1. The molecule has 1 rings (SSSR count). The summed E-state index contributed by atoms with van der Waals surface area (Å²) in [5, 5.41) is 21.3. The highest BCUT2D eigenvalue weighted by atomic mass is 16.4. The van der Waals surface area contributed by atoms with E-state index in [1.54, 1.807) is 12.1 Å². The Kier molecular flexibility index (Phi) is 7.01. The quantitative estimate of drug-likeness (QED) is 0.647. The number of nitrogens with one attached hydrogen (secondary N) is 1. The summed E-state index contributed by atoms with van der Waals surface area (Å²) in [6.07, 6.45) is 3.40. The van der Waals surface area contributed by atoms with Gasteiger partial charge in [0.1, 0.15) is 5.82 Å². The van der Waals surface area contributed by atoms with Crippen LogP contribution < -0.4 is 5.32 Å². The molecule has 5 nitrogen and oxygen atoms in total. The number of pyridine rings is 1. The van der Waals surface area contributed by atoms with E-state index in [4.69, 9.17) is 10.2 Å².